The Bertz CT molecular complexity index is 897. The van der Waals surface area contributed by atoms with Gasteiger partial charge in [-0.1, -0.05) is 17.7 Å². The number of pyridine rings is 1. The number of nitrogens with zero attached hydrogens (tertiary/aromatic N) is 3. The van der Waals surface area contributed by atoms with E-state index in [-0.39, 0.29) is 5.56 Å². The molecule has 120 valence electrons. The minimum absolute atomic E-state index is 0.196. The van der Waals surface area contributed by atoms with Crippen LogP contribution in [-0.4, -0.2) is 26.0 Å². The lowest BCUT2D eigenvalue weighted by molar-refractivity contribution is 0.0697. The third kappa shape index (κ3) is 3.49. The first-order valence-electron chi connectivity index (χ1n) is 7.09. The maximum atomic E-state index is 11.1. The highest BCUT2D eigenvalue weighted by Crippen LogP contribution is 2.22. The zero-order valence-corrected chi connectivity index (χ0v) is 13.4. The monoisotopic (exact) mass is 340 g/mol. The van der Waals surface area contributed by atoms with E-state index in [2.05, 4.69) is 20.3 Å². The molecule has 1 aromatic carbocycles. The summed E-state index contributed by atoms with van der Waals surface area (Å²) in [6.45, 7) is 1.88. The number of halogens is 1. The Morgan fingerprint density at radius 1 is 1.17 bits per heavy atom. The molecule has 0 aliphatic rings. The van der Waals surface area contributed by atoms with Gasteiger partial charge in [0.25, 0.3) is 0 Å². The molecule has 6 nitrogen and oxygen atoms in total. The summed E-state index contributed by atoms with van der Waals surface area (Å²) in [6, 6.07) is 10.1. The number of carboxylic acids is 1. The van der Waals surface area contributed by atoms with Gasteiger partial charge in [-0.15, -0.1) is 0 Å². The Morgan fingerprint density at radius 3 is 2.71 bits per heavy atom. The van der Waals surface area contributed by atoms with E-state index in [1.807, 2.05) is 13.0 Å². The molecule has 0 aliphatic carbocycles. The number of rotatable bonds is 4. The van der Waals surface area contributed by atoms with Crippen LogP contribution in [0.25, 0.3) is 11.3 Å². The Balaban J connectivity index is 1.91. The fourth-order valence-electron chi connectivity index (χ4n) is 2.12. The molecule has 0 aliphatic heterocycles. The molecular weight excluding hydrogens is 328 g/mol. The van der Waals surface area contributed by atoms with Gasteiger partial charge in [0.2, 0.25) is 5.95 Å². The molecule has 0 saturated carbocycles. The SMILES string of the molecule is Cc1ccc(C(=O)O)cc1Nc1nccc(-c2ccc(Cl)nc2)n1. The van der Waals surface area contributed by atoms with E-state index >= 15 is 0 Å². The molecule has 0 atom stereocenters. The number of hydrogen-bond donors (Lipinski definition) is 2. The van der Waals surface area contributed by atoms with Gasteiger partial charge in [0.15, 0.2) is 0 Å². The summed E-state index contributed by atoms with van der Waals surface area (Å²) >= 11 is 5.79. The lowest BCUT2D eigenvalue weighted by Gasteiger charge is -2.10. The Hall–Kier alpha value is -2.99. The largest absolute Gasteiger partial charge is 0.478 e. The van der Waals surface area contributed by atoms with Crippen molar-refractivity contribution >= 4 is 29.2 Å². The number of anilines is 2. The highest BCUT2D eigenvalue weighted by atomic mass is 35.5. The number of nitrogens with one attached hydrogen (secondary N) is 1. The van der Waals surface area contributed by atoms with Gasteiger partial charge in [-0.05, 0) is 42.8 Å². The molecule has 2 aromatic heterocycles. The molecule has 3 rings (SSSR count). The van der Waals surface area contributed by atoms with Crippen LogP contribution >= 0.6 is 11.6 Å². The molecule has 0 unspecified atom stereocenters. The van der Waals surface area contributed by atoms with Gasteiger partial charge in [-0.2, -0.15) is 0 Å². The van der Waals surface area contributed by atoms with Crippen molar-refractivity contribution in [3.63, 3.8) is 0 Å². The minimum atomic E-state index is -0.986. The quantitative estimate of drug-likeness (QED) is 0.699. The molecule has 24 heavy (non-hydrogen) atoms. The Morgan fingerprint density at radius 2 is 2.00 bits per heavy atom. The van der Waals surface area contributed by atoms with Crippen molar-refractivity contribution in [1.29, 1.82) is 0 Å². The highest BCUT2D eigenvalue weighted by Gasteiger charge is 2.08. The van der Waals surface area contributed by atoms with Crippen LogP contribution in [0, 0.1) is 6.92 Å². The molecule has 0 fully saturated rings. The van der Waals surface area contributed by atoms with E-state index < -0.39 is 5.97 Å². The highest BCUT2D eigenvalue weighted by molar-refractivity contribution is 6.29. The van der Waals surface area contributed by atoms with Gasteiger partial charge >= 0.3 is 5.97 Å². The number of carboxylic acid groups (broad SMARTS) is 1. The third-order valence-corrected chi connectivity index (χ3v) is 3.63. The first kappa shape index (κ1) is 15.9. The van der Waals surface area contributed by atoms with Crippen molar-refractivity contribution in [3.05, 3.63) is 65.1 Å². The summed E-state index contributed by atoms with van der Waals surface area (Å²) in [5.41, 5.74) is 3.22. The van der Waals surface area contributed by atoms with Gasteiger partial charge in [0.1, 0.15) is 5.15 Å². The van der Waals surface area contributed by atoms with Gasteiger partial charge in [0, 0.05) is 23.6 Å². The number of carbonyl (C=O) groups is 1. The van der Waals surface area contributed by atoms with E-state index in [0.717, 1.165) is 11.1 Å². The summed E-state index contributed by atoms with van der Waals surface area (Å²) in [6.07, 6.45) is 3.25. The molecule has 2 heterocycles. The van der Waals surface area contributed by atoms with Crippen LogP contribution in [0.4, 0.5) is 11.6 Å². The maximum Gasteiger partial charge on any atom is 0.335 e. The van der Waals surface area contributed by atoms with Crippen molar-refractivity contribution in [1.82, 2.24) is 15.0 Å². The third-order valence-electron chi connectivity index (χ3n) is 3.41. The number of aromatic carboxylic acids is 1. The summed E-state index contributed by atoms with van der Waals surface area (Å²) in [7, 11) is 0. The molecule has 0 spiro atoms. The van der Waals surface area contributed by atoms with E-state index in [9.17, 15) is 4.79 Å². The lowest BCUT2D eigenvalue weighted by Crippen LogP contribution is -2.02. The summed E-state index contributed by atoms with van der Waals surface area (Å²) < 4.78 is 0. The molecule has 3 aromatic rings. The lowest BCUT2D eigenvalue weighted by atomic mass is 10.1. The number of aryl methyl sites for hydroxylation is 1. The summed E-state index contributed by atoms with van der Waals surface area (Å²) in [5.74, 6) is -0.618. The molecule has 7 heteroatoms. The van der Waals surface area contributed by atoms with E-state index in [0.29, 0.717) is 22.5 Å². The van der Waals surface area contributed by atoms with Gasteiger partial charge in [-0.3, -0.25) is 0 Å². The number of benzene rings is 1. The standard InChI is InChI=1S/C17H13ClN4O2/c1-10-2-3-11(16(23)24)8-14(10)22-17-19-7-6-13(21-17)12-4-5-15(18)20-9-12/h2-9H,1H3,(H,23,24)(H,19,21,22). The first-order chi connectivity index (χ1) is 11.5. The van der Waals surface area contributed by atoms with Crippen LogP contribution in [-0.2, 0) is 0 Å². The first-order valence-corrected chi connectivity index (χ1v) is 7.46. The normalized spacial score (nSPS) is 10.4. The zero-order chi connectivity index (χ0) is 17.1. The molecule has 0 saturated heterocycles. The predicted octanol–water partition coefficient (Wildman–Crippen LogP) is 3.94. The predicted molar refractivity (Wildman–Crippen MR) is 91.7 cm³/mol. The number of hydrogen-bond acceptors (Lipinski definition) is 5. The average Bonchev–Trinajstić information content (AvgIpc) is 2.57. The van der Waals surface area contributed by atoms with E-state index in [4.69, 9.17) is 16.7 Å². The van der Waals surface area contributed by atoms with Gasteiger partial charge in [-0.25, -0.2) is 19.7 Å². The molecule has 0 bridgehead atoms. The average molecular weight is 341 g/mol. The topological polar surface area (TPSA) is 88.0 Å². The van der Waals surface area contributed by atoms with E-state index in [1.165, 1.54) is 0 Å². The summed E-state index contributed by atoms with van der Waals surface area (Å²) in [4.78, 5) is 23.7. The fourth-order valence-corrected chi connectivity index (χ4v) is 2.23. The summed E-state index contributed by atoms with van der Waals surface area (Å²) in [5, 5.41) is 12.6. The van der Waals surface area contributed by atoms with Crippen LogP contribution in [0.5, 0.6) is 0 Å². The smallest absolute Gasteiger partial charge is 0.335 e. The van der Waals surface area contributed by atoms with Gasteiger partial charge in [0.05, 0.1) is 11.3 Å². The molecule has 0 radical (unpaired) electrons. The van der Waals surface area contributed by atoms with Crippen molar-refractivity contribution in [2.45, 2.75) is 6.92 Å². The number of aromatic nitrogens is 3. The van der Waals surface area contributed by atoms with Crippen molar-refractivity contribution in [2.75, 3.05) is 5.32 Å². The van der Waals surface area contributed by atoms with Gasteiger partial charge < -0.3 is 10.4 Å². The van der Waals surface area contributed by atoms with Crippen LogP contribution < -0.4 is 5.32 Å². The van der Waals surface area contributed by atoms with Crippen LogP contribution in [0.15, 0.2) is 48.8 Å². The second-order valence-corrected chi connectivity index (χ2v) is 5.48. The minimum Gasteiger partial charge on any atom is -0.478 e. The Labute approximate surface area is 143 Å². The second-order valence-electron chi connectivity index (χ2n) is 5.09. The van der Waals surface area contributed by atoms with Crippen LogP contribution in [0.2, 0.25) is 5.15 Å². The molecular formula is C17H13ClN4O2. The fraction of sp³-hybridized carbons (Fsp3) is 0.0588. The van der Waals surface area contributed by atoms with Crippen molar-refractivity contribution < 1.29 is 9.90 Å². The molecule has 2 N–H and O–H groups in total. The Kier molecular flexibility index (Phi) is 4.39. The van der Waals surface area contributed by atoms with Crippen LogP contribution in [0.1, 0.15) is 15.9 Å². The maximum absolute atomic E-state index is 11.1. The van der Waals surface area contributed by atoms with Crippen LogP contribution in [0.3, 0.4) is 0 Å². The molecule has 0 amide bonds. The van der Waals surface area contributed by atoms with Crippen molar-refractivity contribution in [2.24, 2.45) is 0 Å². The second kappa shape index (κ2) is 6.64. The van der Waals surface area contributed by atoms with Crippen molar-refractivity contribution in [3.8, 4) is 11.3 Å². The van der Waals surface area contributed by atoms with E-state index in [1.54, 1.807) is 42.7 Å². The zero-order valence-electron chi connectivity index (χ0n) is 12.7.